The molecule has 0 unspecified atom stereocenters. The molecule has 1 aromatic rings. The molecular weight excluding hydrogens is 228 g/mol. The van der Waals surface area contributed by atoms with E-state index in [4.69, 9.17) is 9.88 Å². The first-order valence-electron chi connectivity index (χ1n) is 4.82. The number of aromatic nitrogens is 1. The molecule has 90 valence electrons. The fourth-order valence-electron chi connectivity index (χ4n) is 1.30. The van der Waals surface area contributed by atoms with Crippen LogP contribution in [0.25, 0.3) is 0 Å². The molecule has 5 nitrogen and oxygen atoms in total. The van der Waals surface area contributed by atoms with Crippen molar-refractivity contribution in [2.24, 2.45) is 10.6 Å². The maximum atomic E-state index is 11.0. The van der Waals surface area contributed by atoms with E-state index in [2.05, 4.69) is 4.98 Å². The van der Waals surface area contributed by atoms with Gasteiger partial charge in [0, 0.05) is 11.6 Å². The summed E-state index contributed by atoms with van der Waals surface area (Å²) >= 11 is 0. The van der Waals surface area contributed by atoms with Gasteiger partial charge in [-0.25, -0.2) is 13.6 Å². The third-order valence-electron chi connectivity index (χ3n) is 1.86. The fourth-order valence-corrected chi connectivity index (χ4v) is 2.47. The van der Waals surface area contributed by atoms with Crippen molar-refractivity contribution in [1.29, 1.82) is 0 Å². The Bertz CT molecular complexity index is 429. The van der Waals surface area contributed by atoms with Gasteiger partial charge >= 0.3 is 0 Å². The van der Waals surface area contributed by atoms with Gasteiger partial charge in [0.25, 0.3) is 0 Å². The summed E-state index contributed by atoms with van der Waals surface area (Å²) in [7, 11) is -3.48. The summed E-state index contributed by atoms with van der Waals surface area (Å²) in [6, 6.07) is 3.52. The molecule has 0 spiro atoms. The van der Waals surface area contributed by atoms with Crippen molar-refractivity contribution in [3.63, 3.8) is 0 Å². The minimum atomic E-state index is -3.48. The zero-order chi connectivity index (χ0) is 12.2. The van der Waals surface area contributed by atoms with Crippen LogP contribution in [0.3, 0.4) is 0 Å². The number of nitrogens with zero attached hydrogens (tertiary/aromatic N) is 1. The van der Waals surface area contributed by atoms with Crippen LogP contribution in [0.4, 0.5) is 0 Å². The largest absolute Gasteiger partial charge is 0.491 e. The van der Waals surface area contributed by atoms with Gasteiger partial charge in [0.05, 0.1) is 18.6 Å². The highest BCUT2D eigenvalue weighted by Crippen LogP contribution is 2.19. The van der Waals surface area contributed by atoms with E-state index in [1.807, 2.05) is 0 Å². The molecule has 0 saturated carbocycles. The number of pyridine rings is 1. The maximum Gasteiger partial charge on any atom is 0.209 e. The molecule has 0 radical (unpaired) electrons. The lowest BCUT2D eigenvalue weighted by molar-refractivity contribution is 0.199. The van der Waals surface area contributed by atoms with Gasteiger partial charge in [0.2, 0.25) is 10.0 Å². The molecule has 1 aromatic heterocycles. The van der Waals surface area contributed by atoms with Crippen LogP contribution in [0.15, 0.2) is 24.5 Å². The summed E-state index contributed by atoms with van der Waals surface area (Å²) in [5.74, 6) is 0.505. The van der Waals surface area contributed by atoms with Crippen LogP contribution in [0.1, 0.15) is 13.8 Å². The number of nitrogens with two attached hydrogens (primary N) is 1. The maximum absolute atomic E-state index is 11.0. The predicted molar refractivity (Wildman–Crippen MR) is 61.5 cm³/mol. The second-order valence-electron chi connectivity index (χ2n) is 4.45. The van der Waals surface area contributed by atoms with Crippen LogP contribution in [-0.4, -0.2) is 25.8 Å². The lowest BCUT2D eigenvalue weighted by atomic mass is 9.98. The summed E-state index contributed by atoms with van der Waals surface area (Å²) in [4.78, 5) is 3.89. The van der Waals surface area contributed by atoms with Gasteiger partial charge in [-0.2, -0.15) is 0 Å². The number of primary sulfonamides is 1. The van der Waals surface area contributed by atoms with Gasteiger partial charge in [-0.15, -0.1) is 0 Å². The Kier molecular flexibility index (Phi) is 3.88. The van der Waals surface area contributed by atoms with Gasteiger partial charge in [0.1, 0.15) is 5.75 Å². The number of rotatable bonds is 5. The first-order chi connectivity index (χ1) is 7.29. The SMILES string of the molecule is CC(C)(COc1cccnc1)CS(N)(=O)=O. The van der Waals surface area contributed by atoms with Crippen LogP contribution >= 0.6 is 0 Å². The molecular formula is C10H16N2O3S. The molecule has 0 aliphatic carbocycles. The molecule has 1 heterocycles. The smallest absolute Gasteiger partial charge is 0.209 e. The highest BCUT2D eigenvalue weighted by molar-refractivity contribution is 7.89. The Balaban J connectivity index is 2.55. The molecule has 0 aliphatic rings. The Morgan fingerprint density at radius 2 is 2.19 bits per heavy atom. The Morgan fingerprint density at radius 1 is 1.50 bits per heavy atom. The van der Waals surface area contributed by atoms with Crippen LogP contribution in [-0.2, 0) is 10.0 Å². The molecule has 0 aromatic carbocycles. The highest BCUT2D eigenvalue weighted by Gasteiger charge is 2.24. The number of hydrogen-bond donors (Lipinski definition) is 1. The normalized spacial score (nSPS) is 12.4. The Morgan fingerprint density at radius 3 is 2.69 bits per heavy atom. The molecule has 2 N–H and O–H groups in total. The lowest BCUT2D eigenvalue weighted by Crippen LogP contribution is -2.33. The van der Waals surface area contributed by atoms with Gasteiger partial charge < -0.3 is 4.74 Å². The van der Waals surface area contributed by atoms with Crippen molar-refractivity contribution >= 4 is 10.0 Å². The summed E-state index contributed by atoms with van der Waals surface area (Å²) in [5.41, 5.74) is -0.524. The zero-order valence-electron chi connectivity index (χ0n) is 9.38. The van der Waals surface area contributed by atoms with E-state index in [-0.39, 0.29) is 12.4 Å². The predicted octanol–water partition coefficient (Wildman–Crippen LogP) is 0.775. The highest BCUT2D eigenvalue weighted by atomic mass is 32.2. The van der Waals surface area contributed by atoms with E-state index >= 15 is 0 Å². The third kappa shape index (κ3) is 5.09. The van der Waals surface area contributed by atoms with Crippen molar-refractivity contribution in [1.82, 2.24) is 4.98 Å². The summed E-state index contributed by atoms with van der Waals surface area (Å²) in [6.07, 6.45) is 3.22. The van der Waals surface area contributed by atoms with Gasteiger partial charge in [-0.1, -0.05) is 13.8 Å². The van der Waals surface area contributed by atoms with Crippen molar-refractivity contribution in [3.05, 3.63) is 24.5 Å². The van der Waals surface area contributed by atoms with Crippen molar-refractivity contribution in [2.75, 3.05) is 12.4 Å². The first-order valence-corrected chi connectivity index (χ1v) is 6.53. The van der Waals surface area contributed by atoms with E-state index in [0.29, 0.717) is 5.75 Å². The number of sulfonamides is 1. The minimum absolute atomic E-state index is 0.111. The standard InChI is InChI=1S/C10H16N2O3S/c1-10(2,8-16(11,13)14)7-15-9-4-3-5-12-6-9/h3-6H,7-8H2,1-2H3,(H2,11,13,14). The average molecular weight is 244 g/mol. The number of hydrogen-bond acceptors (Lipinski definition) is 4. The second kappa shape index (κ2) is 4.80. The molecule has 0 saturated heterocycles. The van der Waals surface area contributed by atoms with Crippen LogP contribution in [0, 0.1) is 5.41 Å². The molecule has 1 rings (SSSR count). The molecule has 0 fully saturated rings. The molecule has 0 bridgehead atoms. The first kappa shape index (κ1) is 12.9. The molecule has 6 heteroatoms. The molecule has 16 heavy (non-hydrogen) atoms. The second-order valence-corrected chi connectivity index (χ2v) is 6.06. The van der Waals surface area contributed by atoms with Crippen LogP contribution < -0.4 is 9.88 Å². The zero-order valence-corrected chi connectivity index (χ0v) is 10.2. The van der Waals surface area contributed by atoms with Crippen LogP contribution in [0.5, 0.6) is 5.75 Å². The Labute approximate surface area is 95.7 Å². The third-order valence-corrected chi connectivity index (χ3v) is 3.04. The van der Waals surface area contributed by atoms with Crippen molar-refractivity contribution in [2.45, 2.75) is 13.8 Å². The quantitative estimate of drug-likeness (QED) is 0.829. The van der Waals surface area contributed by atoms with E-state index < -0.39 is 15.4 Å². The van der Waals surface area contributed by atoms with Crippen LogP contribution in [0.2, 0.25) is 0 Å². The average Bonchev–Trinajstić information content (AvgIpc) is 2.13. The van der Waals surface area contributed by atoms with Gasteiger partial charge in [-0.3, -0.25) is 4.98 Å². The minimum Gasteiger partial charge on any atom is -0.491 e. The fraction of sp³-hybridized carbons (Fsp3) is 0.500. The lowest BCUT2D eigenvalue weighted by Gasteiger charge is -2.23. The molecule has 0 atom stereocenters. The molecule has 0 aliphatic heterocycles. The summed E-state index contributed by atoms with van der Waals surface area (Å²) in [5, 5.41) is 4.99. The van der Waals surface area contributed by atoms with Gasteiger partial charge in [0.15, 0.2) is 0 Å². The number of ether oxygens (including phenoxy) is 1. The monoisotopic (exact) mass is 244 g/mol. The van der Waals surface area contributed by atoms with E-state index in [1.54, 1.807) is 38.4 Å². The summed E-state index contributed by atoms with van der Waals surface area (Å²) < 4.78 is 27.4. The van der Waals surface area contributed by atoms with E-state index in [1.165, 1.54) is 0 Å². The van der Waals surface area contributed by atoms with Gasteiger partial charge in [-0.05, 0) is 12.1 Å². The van der Waals surface area contributed by atoms with E-state index in [9.17, 15) is 8.42 Å². The Hall–Kier alpha value is -1.14. The summed E-state index contributed by atoms with van der Waals surface area (Å²) in [6.45, 7) is 3.84. The topological polar surface area (TPSA) is 82.3 Å². The van der Waals surface area contributed by atoms with E-state index in [0.717, 1.165) is 0 Å². The van der Waals surface area contributed by atoms with Crippen molar-refractivity contribution in [3.8, 4) is 5.75 Å². The van der Waals surface area contributed by atoms with Crippen molar-refractivity contribution < 1.29 is 13.2 Å². The molecule has 0 amide bonds.